The summed E-state index contributed by atoms with van der Waals surface area (Å²) in [7, 11) is 1.83. The van der Waals surface area contributed by atoms with Crippen LogP contribution in [0.25, 0.3) is 0 Å². The molecule has 5 heteroatoms. The summed E-state index contributed by atoms with van der Waals surface area (Å²) in [6, 6.07) is 2.56. The highest BCUT2D eigenvalue weighted by molar-refractivity contribution is 5.93. The van der Waals surface area contributed by atoms with Crippen LogP contribution in [-0.2, 0) is 7.05 Å². The number of rotatable bonds is 3. The molecule has 2 rings (SSSR count). The van der Waals surface area contributed by atoms with Crippen molar-refractivity contribution < 1.29 is 4.79 Å². The van der Waals surface area contributed by atoms with E-state index in [0.717, 1.165) is 31.6 Å². The molecule has 2 heterocycles. The van der Waals surface area contributed by atoms with Crippen molar-refractivity contribution in [3.8, 4) is 0 Å². The van der Waals surface area contributed by atoms with Gasteiger partial charge in [-0.15, -0.1) is 0 Å². The molecule has 1 N–H and O–H groups in total. The molecule has 0 radical (unpaired) electrons. The van der Waals surface area contributed by atoms with E-state index in [9.17, 15) is 4.79 Å². The minimum atomic E-state index is 0.106. The number of nitrogens with one attached hydrogen (secondary N) is 1. The Morgan fingerprint density at radius 1 is 1.47 bits per heavy atom. The molecular weight excluding hydrogens is 240 g/mol. The number of nitrogens with zero attached hydrogens (tertiary/aromatic N) is 3. The number of aryl methyl sites for hydroxylation is 2. The van der Waals surface area contributed by atoms with Crippen LogP contribution in [0.5, 0.6) is 0 Å². The number of amides is 1. The van der Waals surface area contributed by atoms with Gasteiger partial charge in [0.25, 0.3) is 5.91 Å². The van der Waals surface area contributed by atoms with Gasteiger partial charge in [-0.2, -0.15) is 5.10 Å². The minimum Gasteiger partial charge on any atom is -0.332 e. The summed E-state index contributed by atoms with van der Waals surface area (Å²) < 4.78 is 1.69. The van der Waals surface area contributed by atoms with Crippen molar-refractivity contribution in [3.63, 3.8) is 0 Å². The second kappa shape index (κ2) is 5.74. The second-order valence-corrected chi connectivity index (χ2v) is 5.33. The lowest BCUT2D eigenvalue weighted by atomic mass is 10.0. The molecule has 19 heavy (non-hydrogen) atoms. The maximum Gasteiger partial charge on any atom is 0.272 e. The van der Waals surface area contributed by atoms with E-state index in [1.165, 1.54) is 0 Å². The van der Waals surface area contributed by atoms with Crippen molar-refractivity contribution in [1.82, 2.24) is 20.0 Å². The Morgan fingerprint density at radius 2 is 2.21 bits per heavy atom. The van der Waals surface area contributed by atoms with Crippen LogP contribution in [0, 0.1) is 6.92 Å². The topological polar surface area (TPSA) is 50.2 Å². The quantitative estimate of drug-likeness (QED) is 0.896. The molecule has 5 nitrogen and oxygen atoms in total. The summed E-state index contributed by atoms with van der Waals surface area (Å²) in [6.45, 7) is 7.88. The Balaban J connectivity index is 2.21. The van der Waals surface area contributed by atoms with Crippen molar-refractivity contribution in [1.29, 1.82) is 0 Å². The SMILES string of the molecule is CCC1CN(C(=O)c2cc(C)nn2C)C(CC)CN1. The molecule has 1 aliphatic rings. The molecular formula is C14H24N4O. The van der Waals surface area contributed by atoms with Crippen LogP contribution in [0.1, 0.15) is 42.9 Å². The zero-order valence-electron chi connectivity index (χ0n) is 12.3. The molecule has 1 aromatic heterocycles. The number of hydrogen-bond acceptors (Lipinski definition) is 3. The third-order valence-corrected chi connectivity index (χ3v) is 3.95. The zero-order valence-corrected chi connectivity index (χ0v) is 12.3. The van der Waals surface area contributed by atoms with Crippen LogP contribution >= 0.6 is 0 Å². The molecule has 2 atom stereocenters. The highest BCUT2D eigenvalue weighted by atomic mass is 16.2. The van der Waals surface area contributed by atoms with Crippen LogP contribution in [0.4, 0.5) is 0 Å². The average Bonchev–Trinajstić information content (AvgIpc) is 2.76. The fourth-order valence-corrected chi connectivity index (χ4v) is 2.71. The van der Waals surface area contributed by atoms with Gasteiger partial charge in [-0.05, 0) is 25.8 Å². The fourth-order valence-electron chi connectivity index (χ4n) is 2.71. The predicted octanol–water partition coefficient (Wildman–Crippen LogP) is 1.33. The van der Waals surface area contributed by atoms with Gasteiger partial charge in [0.1, 0.15) is 5.69 Å². The molecule has 0 saturated carbocycles. The Kier molecular flexibility index (Phi) is 4.24. The molecule has 1 aliphatic heterocycles. The summed E-state index contributed by atoms with van der Waals surface area (Å²) in [5.74, 6) is 0.106. The summed E-state index contributed by atoms with van der Waals surface area (Å²) in [6.07, 6.45) is 2.02. The van der Waals surface area contributed by atoms with Crippen LogP contribution in [0.2, 0.25) is 0 Å². The summed E-state index contributed by atoms with van der Waals surface area (Å²) in [4.78, 5) is 14.7. The van der Waals surface area contributed by atoms with E-state index in [0.29, 0.717) is 11.7 Å². The first-order valence-electron chi connectivity index (χ1n) is 7.11. The molecule has 106 valence electrons. The van der Waals surface area contributed by atoms with Crippen molar-refractivity contribution >= 4 is 5.91 Å². The Bertz CT molecular complexity index is 454. The van der Waals surface area contributed by atoms with E-state index in [-0.39, 0.29) is 11.9 Å². The lowest BCUT2D eigenvalue weighted by Gasteiger charge is -2.39. The second-order valence-electron chi connectivity index (χ2n) is 5.33. The normalized spacial score (nSPS) is 23.7. The third-order valence-electron chi connectivity index (χ3n) is 3.95. The molecule has 2 unspecified atom stereocenters. The van der Waals surface area contributed by atoms with Crippen molar-refractivity contribution in [3.05, 3.63) is 17.5 Å². The van der Waals surface area contributed by atoms with E-state index in [4.69, 9.17) is 0 Å². The molecule has 1 fully saturated rings. The van der Waals surface area contributed by atoms with E-state index in [1.54, 1.807) is 4.68 Å². The van der Waals surface area contributed by atoms with Gasteiger partial charge in [-0.3, -0.25) is 9.48 Å². The largest absolute Gasteiger partial charge is 0.332 e. The lowest BCUT2D eigenvalue weighted by molar-refractivity contribution is 0.0564. The van der Waals surface area contributed by atoms with E-state index >= 15 is 0 Å². The van der Waals surface area contributed by atoms with Gasteiger partial charge in [0, 0.05) is 32.2 Å². The van der Waals surface area contributed by atoms with Crippen LogP contribution in [-0.4, -0.2) is 45.8 Å². The summed E-state index contributed by atoms with van der Waals surface area (Å²) >= 11 is 0. The maximum atomic E-state index is 12.7. The zero-order chi connectivity index (χ0) is 14.0. The maximum absolute atomic E-state index is 12.7. The van der Waals surface area contributed by atoms with Crippen LogP contribution in [0.15, 0.2) is 6.07 Å². The van der Waals surface area contributed by atoms with Crippen LogP contribution < -0.4 is 5.32 Å². The van der Waals surface area contributed by atoms with Crippen LogP contribution in [0.3, 0.4) is 0 Å². The smallest absolute Gasteiger partial charge is 0.272 e. The van der Waals surface area contributed by atoms with Gasteiger partial charge in [-0.1, -0.05) is 13.8 Å². The number of carbonyl (C=O) groups excluding carboxylic acids is 1. The van der Waals surface area contributed by atoms with Gasteiger partial charge < -0.3 is 10.2 Å². The molecule has 1 amide bonds. The Labute approximate surface area is 115 Å². The first kappa shape index (κ1) is 14.1. The van der Waals surface area contributed by atoms with E-state index < -0.39 is 0 Å². The van der Waals surface area contributed by atoms with Gasteiger partial charge in [0.15, 0.2) is 0 Å². The van der Waals surface area contributed by atoms with Gasteiger partial charge in [0.05, 0.1) is 5.69 Å². The molecule has 0 bridgehead atoms. The molecule has 0 aliphatic carbocycles. The van der Waals surface area contributed by atoms with Crippen molar-refractivity contribution in [2.45, 2.75) is 45.7 Å². The Hall–Kier alpha value is -1.36. The number of piperazine rings is 1. The summed E-state index contributed by atoms with van der Waals surface area (Å²) in [5, 5.41) is 7.78. The first-order valence-corrected chi connectivity index (χ1v) is 7.11. The number of hydrogen-bond donors (Lipinski definition) is 1. The molecule has 1 saturated heterocycles. The van der Waals surface area contributed by atoms with E-state index in [2.05, 4.69) is 24.3 Å². The van der Waals surface area contributed by atoms with Gasteiger partial charge in [0.2, 0.25) is 0 Å². The number of carbonyl (C=O) groups is 1. The minimum absolute atomic E-state index is 0.106. The van der Waals surface area contributed by atoms with Crippen molar-refractivity contribution in [2.24, 2.45) is 7.05 Å². The van der Waals surface area contributed by atoms with Gasteiger partial charge >= 0.3 is 0 Å². The fraction of sp³-hybridized carbons (Fsp3) is 0.714. The Morgan fingerprint density at radius 3 is 2.74 bits per heavy atom. The molecule has 1 aromatic rings. The monoisotopic (exact) mass is 264 g/mol. The highest BCUT2D eigenvalue weighted by Crippen LogP contribution is 2.16. The average molecular weight is 264 g/mol. The van der Waals surface area contributed by atoms with Gasteiger partial charge in [-0.25, -0.2) is 0 Å². The standard InChI is InChI=1S/C14H24N4O/c1-5-11-9-18(12(6-2)8-15-11)14(19)13-7-10(3)16-17(13)4/h7,11-12,15H,5-6,8-9H2,1-4H3. The number of aromatic nitrogens is 2. The molecule has 0 spiro atoms. The van der Waals surface area contributed by atoms with Crippen molar-refractivity contribution in [2.75, 3.05) is 13.1 Å². The predicted molar refractivity (Wildman–Crippen MR) is 75.1 cm³/mol. The van der Waals surface area contributed by atoms with E-state index in [1.807, 2.05) is 24.9 Å². The lowest BCUT2D eigenvalue weighted by Crippen LogP contribution is -2.58. The first-order chi connectivity index (χ1) is 9.06. The third kappa shape index (κ3) is 2.81. The highest BCUT2D eigenvalue weighted by Gasteiger charge is 2.31. The summed E-state index contributed by atoms with van der Waals surface area (Å²) in [5.41, 5.74) is 1.58. The molecule has 0 aromatic carbocycles.